The Morgan fingerprint density at radius 2 is 1.13 bits per heavy atom. The normalized spacial score (nSPS) is 14.0. The van der Waals surface area contributed by atoms with Gasteiger partial charge in [-0.3, -0.25) is 19.2 Å². The summed E-state index contributed by atoms with van der Waals surface area (Å²) in [4.78, 5) is 58.3. The van der Waals surface area contributed by atoms with Crippen molar-refractivity contribution in [2.24, 2.45) is 0 Å². The van der Waals surface area contributed by atoms with Crippen LogP contribution in [0.25, 0.3) is 22.5 Å². The van der Waals surface area contributed by atoms with Crippen LogP contribution >= 0.6 is 0 Å². The molecule has 70 heavy (non-hydrogen) atoms. The first-order chi connectivity index (χ1) is 34.3. The van der Waals surface area contributed by atoms with Crippen molar-refractivity contribution in [3.63, 3.8) is 0 Å². The summed E-state index contributed by atoms with van der Waals surface area (Å²) < 4.78 is 8.03. The first-order valence-electron chi connectivity index (χ1n) is 23.5. The summed E-state index contributed by atoms with van der Waals surface area (Å²) in [5, 5.41) is 25.5. The minimum absolute atomic E-state index is 0.0890. The number of amides is 2. The number of carbonyl (C=O) groups is 4. The standard InChI is InChI=1S/C57H52N8O5/c1-2-21-50(66)51(61-57(70-53(67)49-34-20-39-58-49,54(68)59-45-28-14-6-15-29-45)55(69)60-46-30-16-7-17-31-46)41-37-35-40(36-38-41)47-32-18-19-33-48(47)52-62-63-64-65(52)56(42-22-8-3-9-23-42,43-24-10-4-11-25-43)44-26-12-5-13-27-44/h3-19,22-33,35-38,49,51,58,61H,2,20-21,34,39H2,1H3,(H,59,68)(H,60,69)/t49-,51-/m0/s1. The molecule has 350 valence electrons. The molecule has 0 saturated carbocycles. The number of para-hydroxylation sites is 2. The Hall–Kier alpha value is -8.39. The molecule has 0 bridgehead atoms. The number of tetrazole rings is 1. The molecule has 1 saturated heterocycles. The van der Waals surface area contributed by atoms with Gasteiger partial charge < -0.3 is 20.7 Å². The van der Waals surface area contributed by atoms with Gasteiger partial charge in [0.15, 0.2) is 11.6 Å². The number of benzene rings is 7. The van der Waals surface area contributed by atoms with Gasteiger partial charge in [-0.2, -0.15) is 0 Å². The maximum atomic E-state index is 14.9. The molecular formula is C57H52N8O5. The molecule has 7 aromatic carbocycles. The van der Waals surface area contributed by atoms with Gasteiger partial charge in [0.25, 0.3) is 11.8 Å². The second kappa shape index (κ2) is 21.3. The molecule has 13 nitrogen and oxygen atoms in total. The first-order valence-corrected chi connectivity index (χ1v) is 23.5. The molecule has 2 heterocycles. The zero-order valence-corrected chi connectivity index (χ0v) is 38.6. The van der Waals surface area contributed by atoms with E-state index in [-0.39, 0.29) is 12.2 Å². The molecule has 0 radical (unpaired) electrons. The molecule has 4 N–H and O–H groups in total. The van der Waals surface area contributed by atoms with Crippen LogP contribution in [0.5, 0.6) is 0 Å². The molecule has 0 aliphatic carbocycles. The largest absolute Gasteiger partial charge is 0.423 e. The van der Waals surface area contributed by atoms with Gasteiger partial charge >= 0.3 is 11.7 Å². The van der Waals surface area contributed by atoms with E-state index in [1.54, 1.807) is 72.8 Å². The number of hydrogen-bond acceptors (Lipinski definition) is 10. The van der Waals surface area contributed by atoms with E-state index in [2.05, 4.69) is 62.9 Å². The third-order valence-electron chi connectivity index (χ3n) is 12.6. The number of hydrogen-bond donors (Lipinski definition) is 4. The van der Waals surface area contributed by atoms with E-state index >= 15 is 0 Å². The summed E-state index contributed by atoms with van der Waals surface area (Å²) in [6, 6.07) is 60.6. The topological polar surface area (TPSA) is 169 Å². The molecule has 1 fully saturated rings. The second-order valence-electron chi connectivity index (χ2n) is 17.1. The predicted molar refractivity (Wildman–Crippen MR) is 269 cm³/mol. The quantitative estimate of drug-likeness (QED) is 0.0282. The van der Waals surface area contributed by atoms with Crippen LogP contribution in [0.4, 0.5) is 11.4 Å². The first kappa shape index (κ1) is 46.7. The lowest BCUT2D eigenvalue weighted by Gasteiger charge is -2.36. The van der Waals surface area contributed by atoms with Gasteiger partial charge in [-0.05, 0) is 93.9 Å². The molecule has 2 amide bonds. The van der Waals surface area contributed by atoms with Crippen molar-refractivity contribution >= 4 is 34.9 Å². The molecule has 13 heteroatoms. The van der Waals surface area contributed by atoms with Gasteiger partial charge in [0.1, 0.15) is 11.6 Å². The number of carbonyl (C=O) groups excluding carboxylic acids is 4. The van der Waals surface area contributed by atoms with E-state index in [1.807, 2.05) is 103 Å². The van der Waals surface area contributed by atoms with Crippen LogP contribution in [0.1, 0.15) is 60.9 Å². The van der Waals surface area contributed by atoms with Crippen LogP contribution in [0, 0.1) is 0 Å². The Morgan fingerprint density at radius 3 is 1.61 bits per heavy atom. The number of anilines is 2. The highest BCUT2D eigenvalue weighted by molar-refractivity contribution is 6.18. The Morgan fingerprint density at radius 1 is 0.643 bits per heavy atom. The van der Waals surface area contributed by atoms with Crippen molar-refractivity contribution in [1.82, 2.24) is 30.8 Å². The summed E-state index contributed by atoms with van der Waals surface area (Å²) in [7, 11) is 0. The molecule has 8 aromatic rings. The highest BCUT2D eigenvalue weighted by Gasteiger charge is 2.54. The number of nitrogens with zero attached hydrogens (tertiary/aromatic N) is 4. The highest BCUT2D eigenvalue weighted by atomic mass is 16.6. The number of aromatic nitrogens is 4. The van der Waals surface area contributed by atoms with Gasteiger partial charge in [0, 0.05) is 23.4 Å². The molecular weight excluding hydrogens is 877 g/mol. The zero-order valence-electron chi connectivity index (χ0n) is 38.6. The van der Waals surface area contributed by atoms with Crippen molar-refractivity contribution in [2.45, 2.75) is 56.0 Å². The fourth-order valence-electron chi connectivity index (χ4n) is 9.16. The number of ketones is 1. The number of rotatable bonds is 18. The van der Waals surface area contributed by atoms with Crippen molar-refractivity contribution in [3.05, 3.63) is 222 Å². The number of esters is 1. The van der Waals surface area contributed by atoms with E-state index in [0.717, 1.165) is 33.4 Å². The van der Waals surface area contributed by atoms with Gasteiger partial charge in [-0.15, -0.1) is 5.10 Å². The van der Waals surface area contributed by atoms with E-state index in [0.29, 0.717) is 48.6 Å². The number of Topliss-reactive ketones (excluding diaryl/α,β-unsaturated/α-hetero) is 1. The van der Waals surface area contributed by atoms with E-state index < -0.39 is 41.1 Å². The third-order valence-corrected chi connectivity index (χ3v) is 12.6. The third kappa shape index (κ3) is 9.53. The molecule has 0 spiro atoms. The lowest BCUT2D eigenvalue weighted by molar-refractivity contribution is -0.178. The van der Waals surface area contributed by atoms with E-state index in [9.17, 15) is 19.2 Å². The summed E-state index contributed by atoms with van der Waals surface area (Å²) >= 11 is 0. The van der Waals surface area contributed by atoms with Crippen molar-refractivity contribution < 1.29 is 23.9 Å². The molecule has 1 aliphatic heterocycles. The van der Waals surface area contributed by atoms with Gasteiger partial charge in [0.2, 0.25) is 0 Å². The van der Waals surface area contributed by atoms with Gasteiger partial charge in [0.05, 0.1) is 6.04 Å². The fourth-order valence-corrected chi connectivity index (χ4v) is 9.16. The minimum Gasteiger partial charge on any atom is -0.423 e. The maximum Gasteiger partial charge on any atom is 0.325 e. The van der Waals surface area contributed by atoms with Crippen LogP contribution in [0.3, 0.4) is 0 Å². The highest BCUT2D eigenvalue weighted by Crippen LogP contribution is 2.43. The maximum absolute atomic E-state index is 14.9. The zero-order chi connectivity index (χ0) is 48.3. The SMILES string of the molecule is CCCC(=O)[C@@H](NC(OC(=O)[C@@H]1CCCN1)(C(=O)Nc1ccccc1)C(=O)Nc1ccccc1)c1ccc(-c2ccccc2-c2nnnn2C(c2ccccc2)(c2ccccc2)c2ccccc2)cc1. The predicted octanol–water partition coefficient (Wildman–Crippen LogP) is 9.12. The van der Waals surface area contributed by atoms with E-state index in [4.69, 9.17) is 15.0 Å². The molecule has 9 rings (SSSR count). The monoisotopic (exact) mass is 928 g/mol. The lowest BCUT2D eigenvalue weighted by Crippen LogP contribution is -2.67. The van der Waals surface area contributed by atoms with Crippen molar-refractivity contribution in [2.75, 3.05) is 17.2 Å². The molecule has 0 unspecified atom stereocenters. The average Bonchev–Trinajstić information content (AvgIpc) is 4.14. The Labute approximate surface area is 406 Å². The summed E-state index contributed by atoms with van der Waals surface area (Å²) in [6.07, 6.45) is 1.70. The van der Waals surface area contributed by atoms with Crippen molar-refractivity contribution in [3.8, 4) is 22.5 Å². The number of nitrogens with one attached hydrogen (secondary N) is 4. The van der Waals surface area contributed by atoms with Crippen LogP contribution in [0.15, 0.2) is 200 Å². The molecule has 1 aromatic heterocycles. The number of ether oxygens (including phenoxy) is 1. The Balaban J connectivity index is 1.14. The fraction of sp³-hybridized carbons (Fsp3) is 0.175. The van der Waals surface area contributed by atoms with Crippen LogP contribution < -0.4 is 21.3 Å². The van der Waals surface area contributed by atoms with Crippen molar-refractivity contribution in [1.29, 1.82) is 0 Å². The smallest absolute Gasteiger partial charge is 0.325 e. The average molecular weight is 929 g/mol. The minimum atomic E-state index is -2.74. The van der Waals surface area contributed by atoms with Crippen LogP contribution in [0.2, 0.25) is 0 Å². The second-order valence-corrected chi connectivity index (χ2v) is 17.1. The molecule has 2 atom stereocenters. The summed E-state index contributed by atoms with van der Waals surface area (Å²) in [6.45, 7) is 2.43. The lowest BCUT2D eigenvalue weighted by atomic mass is 9.77. The van der Waals surface area contributed by atoms with Gasteiger partial charge in [-0.25, -0.2) is 10.00 Å². The Kier molecular flexibility index (Phi) is 14.2. The van der Waals surface area contributed by atoms with Crippen LogP contribution in [-0.2, 0) is 29.5 Å². The van der Waals surface area contributed by atoms with Crippen LogP contribution in [-0.4, -0.2) is 62.1 Å². The van der Waals surface area contributed by atoms with E-state index in [1.165, 1.54) is 0 Å². The summed E-state index contributed by atoms with van der Waals surface area (Å²) in [5.74, 6) is -2.62. The summed E-state index contributed by atoms with van der Waals surface area (Å²) in [5.41, 5.74) is 2.56. The molecule has 1 aliphatic rings. The Bertz CT molecular complexity index is 2890. The van der Waals surface area contributed by atoms with Gasteiger partial charge in [-0.1, -0.05) is 183 Å².